The van der Waals surface area contributed by atoms with Crippen LogP contribution in [0.3, 0.4) is 0 Å². The number of rotatable bonds is 2. The second-order valence-electron chi connectivity index (χ2n) is 4.10. The molecule has 0 saturated heterocycles. The third kappa shape index (κ3) is 2.17. The van der Waals surface area contributed by atoms with Crippen LogP contribution >= 0.6 is 11.6 Å². The summed E-state index contributed by atoms with van der Waals surface area (Å²) < 4.78 is 22.8. The first-order chi connectivity index (χ1) is 6.81. The Morgan fingerprint density at radius 2 is 1.93 bits per heavy atom. The van der Waals surface area contributed by atoms with Gasteiger partial charge in [0.2, 0.25) is 0 Å². The topological polar surface area (TPSA) is 60.2 Å². The zero-order valence-corrected chi connectivity index (χ0v) is 9.90. The minimum absolute atomic E-state index is 0.238. The Balaban J connectivity index is 2.56. The molecule has 0 aromatic heterocycles. The molecule has 0 bridgehead atoms. The van der Waals surface area contributed by atoms with Crippen molar-refractivity contribution < 1.29 is 8.42 Å². The summed E-state index contributed by atoms with van der Waals surface area (Å²) in [4.78, 5) is 0.238. The van der Waals surface area contributed by atoms with Crippen molar-refractivity contribution in [1.29, 1.82) is 0 Å². The summed E-state index contributed by atoms with van der Waals surface area (Å²) in [7, 11) is -3.22. The first kappa shape index (κ1) is 10.9. The molecule has 0 spiro atoms. The van der Waals surface area contributed by atoms with E-state index in [4.69, 9.17) is 17.3 Å². The molecule has 0 atom stereocenters. The molecule has 1 aliphatic rings. The van der Waals surface area contributed by atoms with Crippen molar-refractivity contribution in [3.63, 3.8) is 0 Å². The Bertz CT molecular complexity index is 506. The van der Waals surface area contributed by atoms with Crippen LogP contribution in [0.25, 0.3) is 0 Å². The van der Waals surface area contributed by atoms with Gasteiger partial charge >= 0.3 is 0 Å². The molecule has 0 aliphatic heterocycles. The van der Waals surface area contributed by atoms with E-state index >= 15 is 0 Å². The van der Waals surface area contributed by atoms with Crippen LogP contribution in [0.15, 0.2) is 23.1 Å². The molecule has 5 heteroatoms. The van der Waals surface area contributed by atoms with Crippen molar-refractivity contribution in [3.8, 4) is 0 Å². The van der Waals surface area contributed by atoms with Crippen molar-refractivity contribution >= 4 is 21.4 Å². The number of hydrogen-bond donors (Lipinski definition) is 1. The van der Waals surface area contributed by atoms with Crippen molar-refractivity contribution in [1.82, 2.24) is 0 Å². The Morgan fingerprint density at radius 3 is 2.40 bits per heavy atom. The Labute approximate surface area is 94.2 Å². The van der Waals surface area contributed by atoms with Crippen molar-refractivity contribution in [2.24, 2.45) is 5.73 Å². The zero-order valence-electron chi connectivity index (χ0n) is 8.33. The fourth-order valence-electron chi connectivity index (χ4n) is 1.49. The number of halogens is 1. The SMILES string of the molecule is CS(=O)(=O)c1cc(Cl)cc(C2(N)CC2)c1. The predicted octanol–water partition coefficient (Wildman–Crippen LogP) is 1.69. The van der Waals surface area contributed by atoms with Gasteiger partial charge in [0.25, 0.3) is 0 Å². The highest BCUT2D eigenvalue weighted by atomic mass is 35.5. The number of nitrogens with two attached hydrogens (primary N) is 1. The summed E-state index contributed by atoms with van der Waals surface area (Å²) in [6.07, 6.45) is 2.94. The molecule has 2 N–H and O–H groups in total. The van der Waals surface area contributed by atoms with E-state index in [0.29, 0.717) is 5.02 Å². The molecule has 1 aromatic rings. The van der Waals surface area contributed by atoms with Gasteiger partial charge in [0.1, 0.15) is 0 Å². The average molecular weight is 246 g/mol. The Hall–Kier alpha value is -0.580. The minimum atomic E-state index is -3.22. The predicted molar refractivity (Wildman–Crippen MR) is 59.7 cm³/mol. The third-order valence-electron chi connectivity index (χ3n) is 2.66. The van der Waals surface area contributed by atoms with Crippen LogP contribution in [0, 0.1) is 0 Å². The van der Waals surface area contributed by atoms with Crippen molar-refractivity contribution in [2.75, 3.05) is 6.26 Å². The van der Waals surface area contributed by atoms with Crippen LogP contribution in [-0.2, 0) is 15.4 Å². The molecule has 0 radical (unpaired) electrons. The van der Waals surface area contributed by atoms with Gasteiger partial charge in [0.15, 0.2) is 9.84 Å². The molecule has 15 heavy (non-hydrogen) atoms. The zero-order chi connectivity index (χ0) is 11.3. The number of hydrogen-bond acceptors (Lipinski definition) is 3. The van der Waals surface area contributed by atoms with Gasteiger partial charge in [-0.3, -0.25) is 0 Å². The maximum absolute atomic E-state index is 11.4. The lowest BCUT2D eigenvalue weighted by Crippen LogP contribution is -2.19. The summed E-state index contributed by atoms with van der Waals surface area (Å²) in [6, 6.07) is 4.81. The van der Waals surface area contributed by atoms with Gasteiger partial charge in [-0.25, -0.2) is 8.42 Å². The highest BCUT2D eigenvalue weighted by Gasteiger charge is 2.40. The molecule has 0 amide bonds. The van der Waals surface area contributed by atoms with Crippen molar-refractivity contribution in [3.05, 3.63) is 28.8 Å². The lowest BCUT2D eigenvalue weighted by Gasteiger charge is -2.11. The maximum atomic E-state index is 11.4. The summed E-state index contributed by atoms with van der Waals surface area (Å²) in [5.41, 5.74) is 6.45. The molecule has 1 fully saturated rings. The van der Waals surface area contributed by atoms with Crippen LogP contribution < -0.4 is 5.73 Å². The molecule has 1 aromatic carbocycles. The summed E-state index contributed by atoms with van der Waals surface area (Å²) in [5, 5.41) is 0.421. The molecule has 82 valence electrons. The van der Waals surface area contributed by atoms with Crippen LogP contribution in [0.4, 0.5) is 0 Å². The molecule has 0 unspecified atom stereocenters. The van der Waals surface area contributed by atoms with Gasteiger partial charge in [-0.05, 0) is 36.6 Å². The molecule has 3 nitrogen and oxygen atoms in total. The number of benzene rings is 1. The van der Waals surface area contributed by atoms with Crippen LogP contribution in [-0.4, -0.2) is 14.7 Å². The minimum Gasteiger partial charge on any atom is -0.321 e. The first-order valence-electron chi connectivity index (χ1n) is 4.61. The average Bonchev–Trinajstić information content (AvgIpc) is 2.82. The van der Waals surface area contributed by atoms with Crippen LogP contribution in [0.5, 0.6) is 0 Å². The smallest absolute Gasteiger partial charge is 0.175 e. The maximum Gasteiger partial charge on any atom is 0.175 e. The second kappa shape index (κ2) is 3.20. The highest BCUT2D eigenvalue weighted by Crippen LogP contribution is 2.43. The molecule has 1 aliphatic carbocycles. The molecule has 0 heterocycles. The molecule has 1 saturated carbocycles. The van der Waals surface area contributed by atoms with E-state index in [1.807, 2.05) is 0 Å². The quantitative estimate of drug-likeness (QED) is 0.863. The van der Waals surface area contributed by atoms with E-state index in [0.717, 1.165) is 18.4 Å². The van der Waals surface area contributed by atoms with Gasteiger partial charge in [-0.1, -0.05) is 11.6 Å². The van der Waals surface area contributed by atoms with E-state index in [1.54, 1.807) is 12.1 Å². The lowest BCUT2D eigenvalue weighted by molar-refractivity contribution is 0.601. The van der Waals surface area contributed by atoms with E-state index in [2.05, 4.69) is 0 Å². The molecular formula is C10H12ClNO2S. The van der Waals surface area contributed by atoms with Gasteiger partial charge < -0.3 is 5.73 Å². The van der Waals surface area contributed by atoms with Gasteiger partial charge in [0, 0.05) is 16.8 Å². The van der Waals surface area contributed by atoms with Gasteiger partial charge in [-0.2, -0.15) is 0 Å². The van der Waals surface area contributed by atoms with E-state index in [-0.39, 0.29) is 10.4 Å². The van der Waals surface area contributed by atoms with Gasteiger partial charge in [-0.15, -0.1) is 0 Å². The van der Waals surface area contributed by atoms with Crippen molar-refractivity contribution in [2.45, 2.75) is 23.3 Å². The van der Waals surface area contributed by atoms with E-state index in [9.17, 15) is 8.42 Å². The third-order valence-corrected chi connectivity index (χ3v) is 3.97. The molecule has 2 rings (SSSR count). The first-order valence-corrected chi connectivity index (χ1v) is 6.88. The second-order valence-corrected chi connectivity index (χ2v) is 6.56. The summed E-state index contributed by atoms with van der Waals surface area (Å²) >= 11 is 5.87. The Kier molecular flexibility index (Phi) is 2.33. The lowest BCUT2D eigenvalue weighted by atomic mass is 10.1. The van der Waals surface area contributed by atoms with Gasteiger partial charge in [0.05, 0.1) is 4.90 Å². The summed E-state index contributed by atoms with van der Waals surface area (Å²) in [5.74, 6) is 0. The monoisotopic (exact) mass is 245 g/mol. The van der Waals surface area contributed by atoms with Crippen LogP contribution in [0.1, 0.15) is 18.4 Å². The fraction of sp³-hybridized carbons (Fsp3) is 0.400. The van der Waals surface area contributed by atoms with E-state index in [1.165, 1.54) is 12.3 Å². The highest BCUT2D eigenvalue weighted by molar-refractivity contribution is 7.90. The normalized spacial score (nSPS) is 18.9. The fourth-order valence-corrected chi connectivity index (χ4v) is 2.47. The number of sulfone groups is 1. The largest absolute Gasteiger partial charge is 0.321 e. The molecular weight excluding hydrogens is 234 g/mol. The van der Waals surface area contributed by atoms with E-state index < -0.39 is 9.84 Å². The van der Waals surface area contributed by atoms with Crippen LogP contribution in [0.2, 0.25) is 5.02 Å². The summed E-state index contributed by atoms with van der Waals surface area (Å²) in [6.45, 7) is 0. The Morgan fingerprint density at radius 1 is 1.33 bits per heavy atom. The standard InChI is InChI=1S/C10H12ClNO2S/c1-15(13,14)9-5-7(4-8(11)6-9)10(12)2-3-10/h4-6H,2-3,12H2,1H3.